The van der Waals surface area contributed by atoms with Crippen molar-refractivity contribution in [2.75, 3.05) is 45.9 Å². The van der Waals surface area contributed by atoms with Gasteiger partial charge in [-0.2, -0.15) is 0 Å². The number of fused-ring (bicyclic) bond motifs is 2. The van der Waals surface area contributed by atoms with Gasteiger partial charge in [-0.05, 0) is 152 Å². The molecule has 0 amide bonds. The Bertz CT molecular complexity index is 2720. The Morgan fingerprint density at radius 2 is 1.21 bits per heavy atom. The van der Waals surface area contributed by atoms with Gasteiger partial charge in [0, 0.05) is 36.8 Å². The van der Waals surface area contributed by atoms with Gasteiger partial charge >= 0.3 is 0 Å². The molecule has 4 aliphatic heterocycles. The summed E-state index contributed by atoms with van der Waals surface area (Å²) in [5.74, 6) is 4.69. The van der Waals surface area contributed by atoms with E-state index in [9.17, 15) is 20.4 Å². The molecule has 2 fully saturated rings. The molecule has 6 aromatic rings. The summed E-state index contributed by atoms with van der Waals surface area (Å²) in [7, 11) is 0. The summed E-state index contributed by atoms with van der Waals surface area (Å²) in [6.45, 7) is 12.9. The number of benzene rings is 6. The first-order valence-electron chi connectivity index (χ1n) is 23.4. The first kappa shape index (κ1) is 45.1. The van der Waals surface area contributed by atoms with Crippen LogP contribution in [0.4, 0.5) is 0 Å². The van der Waals surface area contributed by atoms with Gasteiger partial charge in [0.1, 0.15) is 71.4 Å². The average molecular weight is 939 g/mol. The van der Waals surface area contributed by atoms with Crippen molar-refractivity contribution in [2.24, 2.45) is 11.8 Å². The molecule has 10 rings (SSSR count). The molecule has 0 aliphatic carbocycles. The Morgan fingerprint density at radius 1 is 0.582 bits per heavy atom. The van der Waals surface area contributed by atoms with Gasteiger partial charge in [0.25, 0.3) is 0 Å². The molecule has 2 saturated heterocycles. The van der Waals surface area contributed by atoms with Gasteiger partial charge in [-0.1, -0.05) is 50.2 Å². The highest BCUT2D eigenvalue weighted by molar-refractivity contribution is 8.00. The lowest BCUT2D eigenvalue weighted by atomic mass is 9.92. The van der Waals surface area contributed by atoms with Crippen molar-refractivity contribution < 1.29 is 39.4 Å². The lowest BCUT2D eigenvalue weighted by Gasteiger charge is -2.34. The van der Waals surface area contributed by atoms with E-state index in [0.717, 1.165) is 70.5 Å². The molecule has 4 aliphatic rings. The van der Waals surface area contributed by atoms with Crippen molar-refractivity contribution in [2.45, 2.75) is 72.2 Å². The highest BCUT2D eigenvalue weighted by atomic mass is 32.2. The maximum atomic E-state index is 11.9. The van der Waals surface area contributed by atoms with Crippen LogP contribution in [0.2, 0.25) is 0 Å². The molecule has 348 valence electrons. The smallest absolute Gasteiger partial charge is 0.140 e. The zero-order chi connectivity index (χ0) is 46.2. The lowest BCUT2D eigenvalue weighted by molar-refractivity contribution is 0.189. The van der Waals surface area contributed by atoms with Crippen LogP contribution in [0.3, 0.4) is 0 Å². The Hall–Kier alpha value is -5.66. The minimum Gasteiger partial charge on any atom is -0.508 e. The van der Waals surface area contributed by atoms with Crippen LogP contribution in [-0.2, 0) is 0 Å². The van der Waals surface area contributed by atoms with Crippen LogP contribution in [0, 0.1) is 11.8 Å². The van der Waals surface area contributed by atoms with E-state index < -0.39 is 12.2 Å². The first-order chi connectivity index (χ1) is 32.5. The minimum atomic E-state index is -0.511. The quantitative estimate of drug-likeness (QED) is 0.0881. The first-order valence-corrected chi connectivity index (χ1v) is 25.2. The van der Waals surface area contributed by atoms with Gasteiger partial charge in [0.2, 0.25) is 0 Å². The summed E-state index contributed by atoms with van der Waals surface area (Å²) in [4.78, 5) is 6.55. The topological polar surface area (TPSA) is 124 Å². The molecule has 7 atom stereocenters. The molecule has 0 unspecified atom stereocenters. The van der Waals surface area contributed by atoms with Crippen molar-refractivity contribution in [1.82, 2.24) is 9.80 Å². The third-order valence-electron chi connectivity index (χ3n) is 13.9. The van der Waals surface area contributed by atoms with Crippen molar-refractivity contribution in [1.29, 1.82) is 0 Å². The summed E-state index contributed by atoms with van der Waals surface area (Å²) < 4.78 is 26.6. The van der Waals surface area contributed by atoms with Crippen molar-refractivity contribution in [3.05, 3.63) is 144 Å². The molecule has 0 saturated carbocycles. The number of rotatable bonds is 13. The largest absolute Gasteiger partial charge is 0.508 e. The number of phenols is 4. The predicted octanol–water partition coefficient (Wildman–Crippen LogP) is 11.9. The minimum absolute atomic E-state index is 0.0963. The van der Waals surface area contributed by atoms with Crippen molar-refractivity contribution in [3.63, 3.8) is 0 Å². The summed E-state index contributed by atoms with van der Waals surface area (Å²) in [6.07, 6.45) is 1.47. The molecule has 4 N–H and O–H groups in total. The third kappa shape index (κ3) is 9.86. The zero-order valence-electron chi connectivity index (χ0n) is 38.1. The zero-order valence-corrected chi connectivity index (χ0v) is 39.7. The van der Waals surface area contributed by atoms with Gasteiger partial charge < -0.3 is 39.4 Å². The molecule has 6 aromatic carbocycles. The molecule has 0 aromatic heterocycles. The molecule has 4 heterocycles. The fourth-order valence-electron chi connectivity index (χ4n) is 9.89. The fourth-order valence-corrected chi connectivity index (χ4v) is 12.5. The monoisotopic (exact) mass is 938 g/mol. The second-order valence-corrected chi connectivity index (χ2v) is 20.9. The van der Waals surface area contributed by atoms with E-state index in [1.165, 1.54) is 12.8 Å². The molecule has 0 radical (unpaired) electrons. The Balaban J connectivity index is 1.00. The number of ether oxygens (including phenoxy) is 4. The summed E-state index contributed by atoms with van der Waals surface area (Å²) in [5, 5.41) is 42.9. The molecule has 0 bridgehead atoms. The predicted molar refractivity (Wildman–Crippen MR) is 264 cm³/mol. The van der Waals surface area contributed by atoms with Crippen LogP contribution in [-0.4, -0.2) is 82.2 Å². The average Bonchev–Trinajstić information content (AvgIpc) is 3.90. The third-order valence-corrected chi connectivity index (χ3v) is 16.6. The molecule has 0 spiro atoms. The standard InChI is InChI=1S/C55H58N2O8S2/c1-33-19-21-56(32-33)23-25-63-47-16-10-37(53-54(38-5-4-6-40(58)27-38)66-51-31-42(60)12-18-49(51)65-53)28-45(47)44-29-39(9-15-46(44)61)55-52(64-48-17-11-41(59)30-50(48)67-55)36-7-13-43(14-8-36)62-26-24-57-22-20-34(2)35(57)3/h4-18,27-31,33-35,52-55,58-61H,19-26,32H2,1-3H3/t33-,34-,35+,52-,53-,54+,55+/m0/s1. The normalized spacial score (nSPS) is 23.8. The Kier molecular flexibility index (Phi) is 13.1. The molecular weight excluding hydrogens is 881 g/mol. The molecular formula is C55H58N2O8S2. The maximum Gasteiger partial charge on any atom is 0.140 e. The lowest BCUT2D eigenvalue weighted by Crippen LogP contribution is -2.33. The van der Waals surface area contributed by atoms with E-state index in [1.54, 1.807) is 72.1 Å². The number of nitrogens with zero attached hydrogens (tertiary/aromatic N) is 2. The van der Waals surface area contributed by atoms with Crippen molar-refractivity contribution in [3.8, 4) is 57.1 Å². The van der Waals surface area contributed by atoms with Gasteiger partial charge in [-0.25, -0.2) is 0 Å². The number of hydrogen-bond donors (Lipinski definition) is 4. The summed E-state index contributed by atoms with van der Waals surface area (Å²) in [6, 6.07) is 38.0. The van der Waals surface area contributed by atoms with E-state index in [4.69, 9.17) is 18.9 Å². The van der Waals surface area contributed by atoms with Gasteiger partial charge in [0.05, 0.1) is 20.3 Å². The van der Waals surface area contributed by atoms with Crippen molar-refractivity contribution >= 4 is 23.5 Å². The van der Waals surface area contributed by atoms with Gasteiger partial charge in [-0.3, -0.25) is 9.80 Å². The number of likely N-dealkylation sites (tertiary alicyclic amines) is 2. The molecule has 67 heavy (non-hydrogen) atoms. The van der Waals surface area contributed by atoms with E-state index in [0.29, 0.717) is 59.5 Å². The maximum absolute atomic E-state index is 11.9. The number of hydrogen-bond acceptors (Lipinski definition) is 12. The van der Waals surface area contributed by atoms with E-state index >= 15 is 0 Å². The molecule has 10 nitrogen and oxygen atoms in total. The van der Waals surface area contributed by atoms with E-state index in [2.05, 4.69) is 48.8 Å². The second kappa shape index (κ2) is 19.5. The van der Waals surface area contributed by atoms with E-state index in [-0.39, 0.29) is 33.5 Å². The highest BCUT2D eigenvalue weighted by Gasteiger charge is 2.37. The van der Waals surface area contributed by atoms with E-state index in [1.807, 2.05) is 54.6 Å². The SMILES string of the molecule is C[C@H]1CCN(CCOc2ccc([C@@H]3Oc4ccc(O)cc4S[C@@H]3c3cccc(O)c3)cc2-c2cc([C@H]3Sc4cc(O)ccc4O[C@H]3c3ccc(OCCN4CC[C@H](C)[C@H]4C)cc3)ccc2O)C1. The Labute approximate surface area is 401 Å². The summed E-state index contributed by atoms with van der Waals surface area (Å²) in [5.41, 5.74) is 4.92. The number of thioether (sulfide) groups is 2. The fraction of sp³-hybridized carbons (Fsp3) is 0.345. The van der Waals surface area contributed by atoms with Crippen LogP contribution in [0.1, 0.15) is 78.6 Å². The number of phenolic OH excluding ortho intramolecular Hbond substituents is 4. The van der Waals surface area contributed by atoms with Crippen LogP contribution in [0.25, 0.3) is 11.1 Å². The number of aromatic hydroxyl groups is 4. The van der Waals surface area contributed by atoms with Crippen LogP contribution >= 0.6 is 23.5 Å². The van der Waals surface area contributed by atoms with Crippen LogP contribution in [0.5, 0.6) is 46.0 Å². The Morgan fingerprint density at radius 3 is 1.87 bits per heavy atom. The van der Waals surface area contributed by atoms with Crippen LogP contribution < -0.4 is 18.9 Å². The van der Waals surface area contributed by atoms with Crippen LogP contribution in [0.15, 0.2) is 131 Å². The summed E-state index contributed by atoms with van der Waals surface area (Å²) >= 11 is 3.19. The molecule has 12 heteroatoms. The highest BCUT2D eigenvalue weighted by Crippen LogP contribution is 2.57. The van der Waals surface area contributed by atoms with Gasteiger partial charge in [-0.15, -0.1) is 23.5 Å². The van der Waals surface area contributed by atoms with Gasteiger partial charge in [0.15, 0.2) is 0 Å². The second-order valence-electron chi connectivity index (χ2n) is 18.5.